The van der Waals surface area contributed by atoms with E-state index in [-0.39, 0.29) is 36.2 Å². The van der Waals surface area contributed by atoms with Gasteiger partial charge >= 0.3 is 12.2 Å². The van der Waals surface area contributed by atoms with E-state index < -0.39 is 24.3 Å². The van der Waals surface area contributed by atoms with Crippen molar-refractivity contribution in [1.29, 1.82) is 0 Å². The Balaban J connectivity index is 1.000. The number of nitrogens with one attached hydrogen (secondary N) is 4. The molecule has 0 bridgehead atoms. The SMILES string of the molecule is COC(=O)N[C@@H](Cc1cccnc1)C(=O)N1CCC[C@H]1c1ncc(-c2ccc(-c3ccc(-c4cnc([C@@H]5CCCN5C(=O)[C@@H](NC(=O)OC)C(C)C)[nH]4)cc3)cc2)[nH]1. The summed E-state index contributed by atoms with van der Waals surface area (Å²) in [6.07, 6.45) is 9.12. The topological polar surface area (TPSA) is 188 Å². The number of carbonyl (C=O) groups excluding carboxylic acids is 4. The summed E-state index contributed by atoms with van der Waals surface area (Å²) >= 11 is 0. The lowest BCUT2D eigenvalue weighted by Crippen LogP contribution is -2.51. The second kappa shape index (κ2) is 17.7. The van der Waals surface area contributed by atoms with E-state index in [1.165, 1.54) is 14.2 Å². The normalized spacial score (nSPS) is 17.5. The van der Waals surface area contributed by atoms with Crippen molar-refractivity contribution in [3.05, 3.63) is 103 Å². The molecule has 302 valence electrons. The smallest absolute Gasteiger partial charge is 0.407 e. The van der Waals surface area contributed by atoms with Crippen molar-refractivity contribution in [1.82, 2.24) is 45.4 Å². The summed E-state index contributed by atoms with van der Waals surface area (Å²) in [6, 6.07) is 18.2. The van der Waals surface area contributed by atoms with E-state index in [0.717, 1.165) is 70.7 Å². The maximum atomic E-state index is 13.9. The van der Waals surface area contributed by atoms with Gasteiger partial charge in [-0.2, -0.15) is 0 Å². The zero-order valence-corrected chi connectivity index (χ0v) is 33.1. The molecule has 0 aliphatic carbocycles. The molecule has 0 radical (unpaired) electrons. The van der Waals surface area contributed by atoms with Crippen LogP contribution in [0.5, 0.6) is 0 Å². The molecule has 3 aromatic heterocycles. The lowest BCUT2D eigenvalue weighted by Gasteiger charge is -2.30. The van der Waals surface area contributed by atoms with Crippen LogP contribution in [0.3, 0.4) is 0 Å². The number of amides is 4. The third-order valence-electron chi connectivity index (χ3n) is 10.9. The Kier molecular flexibility index (Phi) is 12.1. The number of ether oxygens (including phenoxy) is 2. The average molecular weight is 788 g/mol. The van der Waals surface area contributed by atoms with Gasteiger partial charge < -0.3 is 39.9 Å². The van der Waals surface area contributed by atoms with Gasteiger partial charge in [0.05, 0.1) is 50.1 Å². The molecule has 15 nitrogen and oxygen atoms in total. The molecule has 4 amide bonds. The number of rotatable bonds is 12. The van der Waals surface area contributed by atoms with Gasteiger partial charge in [0.2, 0.25) is 11.8 Å². The molecule has 5 aromatic rings. The molecule has 15 heteroatoms. The molecular formula is C43H49N9O6. The summed E-state index contributed by atoms with van der Waals surface area (Å²) in [5, 5.41) is 5.41. The van der Waals surface area contributed by atoms with Crippen LogP contribution < -0.4 is 10.6 Å². The van der Waals surface area contributed by atoms with Crippen molar-refractivity contribution < 1.29 is 28.7 Å². The number of aromatic nitrogens is 5. The number of likely N-dealkylation sites (tertiary alicyclic amines) is 2. The molecule has 0 saturated carbocycles. The molecule has 4 N–H and O–H groups in total. The molecule has 0 unspecified atom stereocenters. The highest BCUT2D eigenvalue weighted by Gasteiger charge is 2.38. The Hall–Kier alpha value is -6.51. The van der Waals surface area contributed by atoms with Gasteiger partial charge in [0.1, 0.15) is 23.7 Å². The maximum Gasteiger partial charge on any atom is 0.407 e. The van der Waals surface area contributed by atoms with Crippen molar-refractivity contribution >= 4 is 24.0 Å². The number of imidazole rings is 2. The third-order valence-corrected chi connectivity index (χ3v) is 10.9. The number of H-pyrrole nitrogens is 2. The van der Waals surface area contributed by atoms with Crippen molar-refractivity contribution in [2.45, 2.75) is 70.1 Å². The predicted molar refractivity (Wildman–Crippen MR) is 216 cm³/mol. The number of hydrogen-bond donors (Lipinski definition) is 4. The lowest BCUT2D eigenvalue weighted by atomic mass is 10.0. The first-order valence-electron chi connectivity index (χ1n) is 19.6. The number of hydrogen-bond acceptors (Lipinski definition) is 9. The fourth-order valence-electron chi connectivity index (χ4n) is 7.85. The van der Waals surface area contributed by atoms with Gasteiger partial charge in [-0.1, -0.05) is 68.4 Å². The largest absolute Gasteiger partial charge is 0.453 e. The highest BCUT2D eigenvalue weighted by molar-refractivity contribution is 5.87. The van der Waals surface area contributed by atoms with Crippen LogP contribution in [0.1, 0.15) is 68.8 Å². The molecule has 2 aromatic carbocycles. The second-order valence-electron chi connectivity index (χ2n) is 15.0. The summed E-state index contributed by atoms with van der Waals surface area (Å²) in [6.45, 7) is 4.94. The number of alkyl carbamates (subject to hydrolysis) is 2. The monoisotopic (exact) mass is 787 g/mol. The molecule has 2 fully saturated rings. The van der Waals surface area contributed by atoms with E-state index >= 15 is 0 Å². The van der Waals surface area contributed by atoms with Gasteiger partial charge in [-0.05, 0) is 65.5 Å². The fraction of sp³-hybridized carbons (Fsp3) is 0.372. The number of benzene rings is 2. The Bertz CT molecular complexity index is 2200. The minimum absolute atomic E-state index is 0.109. The predicted octanol–water partition coefficient (Wildman–Crippen LogP) is 6.20. The quantitative estimate of drug-likeness (QED) is 0.114. The zero-order valence-electron chi connectivity index (χ0n) is 33.1. The second-order valence-corrected chi connectivity index (χ2v) is 15.0. The molecule has 5 heterocycles. The average Bonchev–Trinajstić information content (AvgIpc) is 4.09. The van der Waals surface area contributed by atoms with E-state index in [2.05, 4.69) is 54.8 Å². The number of pyridine rings is 1. The molecule has 0 spiro atoms. The van der Waals surface area contributed by atoms with Gasteiger partial charge in [-0.25, -0.2) is 19.6 Å². The summed E-state index contributed by atoms with van der Waals surface area (Å²) in [7, 11) is 2.57. The summed E-state index contributed by atoms with van der Waals surface area (Å²) in [4.78, 5) is 75.6. The first kappa shape index (κ1) is 39.7. The molecule has 2 aliphatic rings. The molecule has 4 atom stereocenters. The van der Waals surface area contributed by atoms with Crippen LogP contribution >= 0.6 is 0 Å². The lowest BCUT2D eigenvalue weighted by molar-refractivity contribution is -0.135. The molecule has 58 heavy (non-hydrogen) atoms. The molecule has 2 aliphatic heterocycles. The fourth-order valence-corrected chi connectivity index (χ4v) is 7.85. The first-order valence-corrected chi connectivity index (χ1v) is 19.6. The van der Waals surface area contributed by atoms with Crippen molar-refractivity contribution in [2.24, 2.45) is 5.92 Å². The first-order chi connectivity index (χ1) is 28.1. The molecule has 2 saturated heterocycles. The summed E-state index contributed by atoms with van der Waals surface area (Å²) in [5.74, 6) is 0.965. The zero-order chi connectivity index (χ0) is 40.8. The summed E-state index contributed by atoms with van der Waals surface area (Å²) < 4.78 is 9.58. The number of nitrogens with zero attached hydrogens (tertiary/aromatic N) is 5. The van der Waals surface area contributed by atoms with Crippen LogP contribution in [0.25, 0.3) is 33.6 Å². The van der Waals surface area contributed by atoms with Crippen LogP contribution in [-0.4, -0.2) is 98.1 Å². The minimum atomic E-state index is -0.813. The van der Waals surface area contributed by atoms with E-state index in [1.54, 1.807) is 40.7 Å². The van der Waals surface area contributed by atoms with Gasteiger partial charge in [-0.15, -0.1) is 0 Å². The number of carbonyl (C=O) groups is 4. The molecular weight excluding hydrogens is 739 g/mol. The standard InChI is InChI=1S/C43H49N9O6/c1-26(2)37(50-43(56)58-4)41(54)52-21-7-10-36(52)39-46-25-34(48-39)31-17-13-29(14-18-31)28-11-15-30(16-12-28)33-24-45-38(47-33)35-9-6-20-51(35)40(53)32(49-42(55)57-3)22-27-8-5-19-44-23-27/h5,8,11-19,23-26,32,35-37H,6-7,9-10,20-22H2,1-4H3,(H,45,47)(H,46,48)(H,49,55)(H,50,56)/t32-,35-,36-,37-/m0/s1. The Morgan fingerprint density at radius 3 is 1.69 bits per heavy atom. The highest BCUT2D eigenvalue weighted by atomic mass is 16.5. The molecule has 7 rings (SSSR count). The Morgan fingerprint density at radius 2 is 1.21 bits per heavy atom. The van der Waals surface area contributed by atoms with Gasteiger partial charge in [-0.3, -0.25) is 14.6 Å². The van der Waals surface area contributed by atoms with Crippen LogP contribution in [-0.2, 0) is 25.5 Å². The van der Waals surface area contributed by atoms with Gasteiger partial charge in [0.25, 0.3) is 0 Å². The van der Waals surface area contributed by atoms with Gasteiger partial charge in [0.15, 0.2) is 0 Å². The van der Waals surface area contributed by atoms with E-state index in [4.69, 9.17) is 14.5 Å². The van der Waals surface area contributed by atoms with E-state index in [9.17, 15) is 19.2 Å². The van der Waals surface area contributed by atoms with Crippen LogP contribution in [0.2, 0.25) is 0 Å². The van der Waals surface area contributed by atoms with Gasteiger partial charge in [0, 0.05) is 31.9 Å². The number of methoxy groups -OCH3 is 2. The van der Waals surface area contributed by atoms with E-state index in [1.807, 2.05) is 44.2 Å². The van der Waals surface area contributed by atoms with Crippen molar-refractivity contribution in [2.75, 3.05) is 27.3 Å². The highest BCUT2D eigenvalue weighted by Crippen LogP contribution is 2.35. The minimum Gasteiger partial charge on any atom is -0.453 e. The van der Waals surface area contributed by atoms with E-state index in [0.29, 0.717) is 18.9 Å². The Labute approximate surface area is 337 Å². The van der Waals surface area contributed by atoms with Crippen LogP contribution in [0, 0.1) is 5.92 Å². The van der Waals surface area contributed by atoms with Crippen LogP contribution in [0.15, 0.2) is 85.5 Å². The number of aromatic amines is 2. The third kappa shape index (κ3) is 8.72. The maximum absolute atomic E-state index is 13.9. The van der Waals surface area contributed by atoms with Crippen molar-refractivity contribution in [3.63, 3.8) is 0 Å². The van der Waals surface area contributed by atoms with Crippen LogP contribution in [0.4, 0.5) is 9.59 Å². The Morgan fingerprint density at radius 1 is 0.707 bits per heavy atom. The van der Waals surface area contributed by atoms with Crippen molar-refractivity contribution in [3.8, 4) is 33.6 Å². The summed E-state index contributed by atoms with van der Waals surface area (Å²) in [5.41, 5.74) is 6.55.